The zero-order chi connectivity index (χ0) is 12.4. The summed E-state index contributed by atoms with van der Waals surface area (Å²) in [4.78, 5) is 5.94. The molecule has 90 valence electrons. The zero-order valence-electron chi connectivity index (χ0n) is 10.7. The lowest BCUT2D eigenvalue weighted by Crippen LogP contribution is -2.20. The Hall–Kier alpha value is -1.19. The van der Waals surface area contributed by atoms with Crippen LogP contribution in [0.25, 0.3) is 0 Å². The highest BCUT2D eigenvalue weighted by Gasteiger charge is 2.18. The van der Waals surface area contributed by atoms with Gasteiger partial charge in [0.1, 0.15) is 0 Å². The van der Waals surface area contributed by atoms with Crippen LogP contribution in [-0.2, 0) is 0 Å². The second-order valence-electron chi connectivity index (χ2n) is 4.37. The number of hydrogen-bond acceptors (Lipinski definition) is 3. The Morgan fingerprint density at radius 2 is 2.06 bits per heavy atom. The van der Waals surface area contributed by atoms with Crippen LogP contribution < -0.4 is 5.32 Å². The summed E-state index contributed by atoms with van der Waals surface area (Å²) in [5.74, 6) is 0. The first-order valence-electron chi connectivity index (χ1n) is 5.78. The van der Waals surface area contributed by atoms with Crippen molar-refractivity contribution in [1.29, 1.82) is 0 Å². The van der Waals surface area contributed by atoms with Crippen molar-refractivity contribution in [2.75, 3.05) is 7.05 Å². The Morgan fingerprint density at radius 1 is 1.29 bits per heavy atom. The van der Waals surface area contributed by atoms with Gasteiger partial charge in [-0.1, -0.05) is 6.07 Å². The van der Waals surface area contributed by atoms with Gasteiger partial charge in [0.25, 0.3) is 0 Å². The van der Waals surface area contributed by atoms with E-state index in [1.807, 2.05) is 13.2 Å². The molecule has 0 aliphatic rings. The third-order valence-corrected chi connectivity index (χ3v) is 3.89. The highest BCUT2D eigenvalue weighted by molar-refractivity contribution is 7.10. The molecule has 2 aromatic heterocycles. The van der Waals surface area contributed by atoms with Crippen LogP contribution in [0.3, 0.4) is 0 Å². The molecule has 1 atom stereocenters. The van der Waals surface area contributed by atoms with Gasteiger partial charge in [0.05, 0.1) is 11.7 Å². The quantitative estimate of drug-likeness (QED) is 0.898. The molecule has 1 N–H and O–H groups in total. The standard InChI is InChI=1S/C14H18N2S/c1-9-7-10(2)13(16-8-9)14(15-4)12-5-6-17-11(12)3/h5-8,14-15H,1-4H3. The Balaban J connectivity index is 2.46. The summed E-state index contributed by atoms with van der Waals surface area (Å²) < 4.78 is 0. The Kier molecular flexibility index (Phi) is 3.60. The van der Waals surface area contributed by atoms with Crippen LogP contribution in [0.5, 0.6) is 0 Å². The van der Waals surface area contributed by atoms with Crippen LogP contribution in [0.15, 0.2) is 23.7 Å². The van der Waals surface area contributed by atoms with E-state index in [9.17, 15) is 0 Å². The summed E-state index contributed by atoms with van der Waals surface area (Å²) in [6.07, 6.45) is 1.94. The highest BCUT2D eigenvalue weighted by atomic mass is 32.1. The van der Waals surface area contributed by atoms with Gasteiger partial charge in [0.2, 0.25) is 0 Å². The maximum Gasteiger partial charge on any atom is 0.0762 e. The molecular formula is C14H18N2S. The molecule has 0 saturated heterocycles. The van der Waals surface area contributed by atoms with E-state index in [4.69, 9.17) is 0 Å². The first-order valence-corrected chi connectivity index (χ1v) is 6.66. The van der Waals surface area contributed by atoms with Crippen molar-refractivity contribution in [3.05, 3.63) is 51.0 Å². The normalized spacial score (nSPS) is 12.7. The second-order valence-corrected chi connectivity index (χ2v) is 5.49. The number of thiophene rings is 1. The Labute approximate surface area is 107 Å². The zero-order valence-corrected chi connectivity index (χ0v) is 11.6. The van der Waals surface area contributed by atoms with Gasteiger partial charge in [-0.3, -0.25) is 4.98 Å². The van der Waals surface area contributed by atoms with E-state index in [2.05, 4.69) is 48.6 Å². The number of aryl methyl sites for hydroxylation is 3. The van der Waals surface area contributed by atoms with Crippen molar-refractivity contribution >= 4 is 11.3 Å². The summed E-state index contributed by atoms with van der Waals surface area (Å²) in [6, 6.07) is 4.57. The molecule has 17 heavy (non-hydrogen) atoms. The molecule has 0 aromatic carbocycles. The van der Waals surface area contributed by atoms with Crippen LogP contribution in [0.1, 0.15) is 33.3 Å². The van der Waals surface area contributed by atoms with Crippen LogP contribution in [-0.4, -0.2) is 12.0 Å². The highest BCUT2D eigenvalue weighted by Crippen LogP contribution is 2.28. The van der Waals surface area contributed by atoms with Crippen molar-refractivity contribution in [3.63, 3.8) is 0 Å². The smallest absolute Gasteiger partial charge is 0.0762 e. The van der Waals surface area contributed by atoms with Gasteiger partial charge in [-0.2, -0.15) is 0 Å². The van der Waals surface area contributed by atoms with Crippen molar-refractivity contribution in [2.45, 2.75) is 26.8 Å². The van der Waals surface area contributed by atoms with Gasteiger partial charge in [-0.15, -0.1) is 11.3 Å². The molecule has 3 heteroatoms. The monoisotopic (exact) mass is 246 g/mol. The van der Waals surface area contributed by atoms with Crippen LogP contribution in [0, 0.1) is 20.8 Å². The molecule has 2 nitrogen and oxygen atoms in total. The molecule has 0 bridgehead atoms. The predicted molar refractivity (Wildman–Crippen MR) is 73.7 cm³/mol. The van der Waals surface area contributed by atoms with Gasteiger partial charge in [0, 0.05) is 11.1 Å². The molecule has 0 saturated carbocycles. The molecule has 2 rings (SSSR count). The molecule has 0 amide bonds. The minimum Gasteiger partial charge on any atom is -0.308 e. The second kappa shape index (κ2) is 4.98. The van der Waals surface area contributed by atoms with Gasteiger partial charge in [-0.25, -0.2) is 0 Å². The average Bonchev–Trinajstić information content (AvgIpc) is 2.69. The van der Waals surface area contributed by atoms with Crippen LogP contribution in [0.2, 0.25) is 0 Å². The minimum absolute atomic E-state index is 0.196. The summed E-state index contributed by atoms with van der Waals surface area (Å²) in [5, 5.41) is 5.50. The molecule has 0 aliphatic carbocycles. The Morgan fingerprint density at radius 3 is 2.59 bits per heavy atom. The number of nitrogens with zero attached hydrogens (tertiary/aromatic N) is 1. The third kappa shape index (κ3) is 2.40. The molecule has 0 fully saturated rings. The fourth-order valence-corrected chi connectivity index (χ4v) is 2.90. The van der Waals surface area contributed by atoms with E-state index in [-0.39, 0.29) is 6.04 Å². The molecule has 0 spiro atoms. The molecule has 1 unspecified atom stereocenters. The predicted octanol–water partition coefficient (Wildman–Crippen LogP) is 3.38. The lowest BCUT2D eigenvalue weighted by atomic mass is 10.00. The van der Waals surface area contributed by atoms with Gasteiger partial charge >= 0.3 is 0 Å². The van der Waals surface area contributed by atoms with Crippen molar-refractivity contribution < 1.29 is 0 Å². The maximum absolute atomic E-state index is 4.59. The summed E-state index contributed by atoms with van der Waals surface area (Å²) in [7, 11) is 1.99. The number of hydrogen-bond donors (Lipinski definition) is 1. The van der Waals surface area contributed by atoms with E-state index in [0.29, 0.717) is 0 Å². The Bertz CT molecular complexity index is 517. The summed E-state index contributed by atoms with van der Waals surface area (Å²) in [5.41, 5.74) is 4.91. The first-order chi connectivity index (χ1) is 8.13. The lowest BCUT2D eigenvalue weighted by molar-refractivity contribution is 0.664. The largest absolute Gasteiger partial charge is 0.308 e. The lowest BCUT2D eigenvalue weighted by Gasteiger charge is -2.18. The van der Waals surface area contributed by atoms with Crippen LogP contribution in [0.4, 0.5) is 0 Å². The number of aromatic nitrogens is 1. The van der Waals surface area contributed by atoms with Gasteiger partial charge < -0.3 is 5.32 Å². The number of rotatable bonds is 3. The molecule has 2 aromatic rings. The van der Waals surface area contributed by atoms with E-state index in [1.165, 1.54) is 21.6 Å². The van der Waals surface area contributed by atoms with Crippen LogP contribution >= 0.6 is 11.3 Å². The van der Waals surface area contributed by atoms with E-state index in [0.717, 1.165) is 5.69 Å². The average molecular weight is 246 g/mol. The van der Waals surface area contributed by atoms with E-state index < -0.39 is 0 Å². The summed E-state index contributed by atoms with van der Waals surface area (Å²) >= 11 is 1.78. The van der Waals surface area contributed by atoms with Crippen molar-refractivity contribution in [2.24, 2.45) is 0 Å². The molecule has 2 heterocycles. The fraction of sp³-hybridized carbons (Fsp3) is 0.357. The fourth-order valence-electron chi connectivity index (χ4n) is 2.16. The third-order valence-electron chi connectivity index (χ3n) is 3.03. The van der Waals surface area contributed by atoms with Crippen molar-refractivity contribution in [1.82, 2.24) is 10.3 Å². The van der Waals surface area contributed by atoms with Gasteiger partial charge in [0.15, 0.2) is 0 Å². The van der Waals surface area contributed by atoms with E-state index >= 15 is 0 Å². The SMILES string of the molecule is CNC(c1ccsc1C)c1ncc(C)cc1C. The number of pyridine rings is 1. The van der Waals surface area contributed by atoms with Crippen molar-refractivity contribution in [3.8, 4) is 0 Å². The molecular weight excluding hydrogens is 228 g/mol. The molecule has 0 aliphatic heterocycles. The first kappa shape index (κ1) is 12.3. The van der Waals surface area contributed by atoms with E-state index in [1.54, 1.807) is 11.3 Å². The maximum atomic E-state index is 4.59. The topological polar surface area (TPSA) is 24.9 Å². The van der Waals surface area contributed by atoms with Gasteiger partial charge in [-0.05, 0) is 56.0 Å². The summed E-state index contributed by atoms with van der Waals surface area (Å²) in [6.45, 7) is 6.36. The molecule has 0 radical (unpaired) electrons. The minimum atomic E-state index is 0.196. The number of nitrogens with one attached hydrogen (secondary N) is 1.